The minimum atomic E-state index is -4.64. The molecule has 25 nitrogen and oxygen atoms in total. The van der Waals surface area contributed by atoms with Crippen molar-refractivity contribution in [2.24, 2.45) is 0 Å². The molecule has 0 spiro atoms. The first-order valence-electron chi connectivity index (χ1n) is 35.5. The van der Waals surface area contributed by atoms with Gasteiger partial charge < -0.3 is 51.0 Å². The average molecular weight is 1330 g/mol. The lowest BCUT2D eigenvalue weighted by atomic mass is 10.0. The maximum atomic E-state index is 13.0. The normalized spacial score (nSPS) is 14.9. The third-order valence-electron chi connectivity index (χ3n) is 16.3. The number of rotatable bonds is 59. The Bertz CT molecular complexity index is 1970. The van der Waals surface area contributed by atoms with Crippen molar-refractivity contribution < 1.29 is 81.7 Å². The first kappa shape index (κ1) is 85.5. The van der Waals surface area contributed by atoms with E-state index in [1.54, 1.807) is 14.7 Å². The number of carboxylic acids is 3. The molecule has 1 fully saturated rings. The Hall–Kier alpha value is -4.49. The molecular weight excluding hydrogens is 1210 g/mol. The van der Waals surface area contributed by atoms with E-state index < -0.39 is 50.4 Å². The average Bonchev–Trinajstić information content (AvgIpc) is 2.22. The van der Waals surface area contributed by atoms with E-state index in [-0.39, 0.29) is 96.1 Å². The Kier molecular flexibility index (Phi) is 54.9. The molecule has 2 atom stereocenters. The Morgan fingerprint density at radius 2 is 0.707 bits per heavy atom. The number of nitrogens with zero attached hydrogens (tertiary/aromatic N) is 4. The molecular formula is C66H125N8O17P. The highest BCUT2D eigenvalue weighted by atomic mass is 31.2. The predicted molar refractivity (Wildman–Crippen MR) is 356 cm³/mol. The number of urea groups is 1. The van der Waals surface area contributed by atoms with Gasteiger partial charge in [-0.2, -0.15) is 0 Å². The van der Waals surface area contributed by atoms with Crippen LogP contribution in [0, 0.1) is 0 Å². The fourth-order valence-electron chi connectivity index (χ4n) is 10.8. The maximum Gasteiger partial charge on any atom is 0.472 e. The van der Waals surface area contributed by atoms with Crippen LogP contribution in [0.4, 0.5) is 4.79 Å². The lowest BCUT2D eigenvalue weighted by Crippen LogP contribution is -2.49. The fraction of sp³-hybridized carbons (Fsp3) is 0.879. The number of aliphatic carboxylic acids is 3. The molecule has 0 saturated carbocycles. The van der Waals surface area contributed by atoms with Gasteiger partial charge in [-0.15, -0.1) is 0 Å². The summed E-state index contributed by atoms with van der Waals surface area (Å²) in [4.78, 5) is 115. The second-order valence-electron chi connectivity index (χ2n) is 24.8. The smallest absolute Gasteiger partial charge is 0.472 e. The van der Waals surface area contributed by atoms with Crippen LogP contribution in [-0.2, 0) is 56.6 Å². The van der Waals surface area contributed by atoms with E-state index in [1.165, 1.54) is 116 Å². The number of nitrogens with one attached hydrogen (secondary N) is 4. The van der Waals surface area contributed by atoms with Gasteiger partial charge in [-0.1, -0.05) is 187 Å². The van der Waals surface area contributed by atoms with Gasteiger partial charge in [-0.25, -0.2) is 9.36 Å². The van der Waals surface area contributed by atoms with E-state index >= 15 is 0 Å². The number of carboxylic acid groups (broad SMARTS) is 3. The maximum absolute atomic E-state index is 13.0. The predicted octanol–water partition coefficient (Wildman–Crippen LogP) is 9.67. The van der Waals surface area contributed by atoms with Gasteiger partial charge in [-0.05, 0) is 38.5 Å². The summed E-state index contributed by atoms with van der Waals surface area (Å²) in [7, 11) is -4.64. The molecule has 92 heavy (non-hydrogen) atoms. The Morgan fingerprint density at radius 1 is 0.380 bits per heavy atom. The van der Waals surface area contributed by atoms with Gasteiger partial charge in [-0.3, -0.25) is 62.2 Å². The highest BCUT2D eigenvalue weighted by Gasteiger charge is 2.27. The standard InChI is InChI=1S/C66H125N8O17P/c1-3-5-7-9-11-13-15-17-19-21-23-25-31-37-64(83)88-56-58(91-65(84)38-32-26-24-22-20-18-16-14-12-10-8-6-4-2)57-90-92(86,87)89-51-42-68-59(75)36-30-29-35-41-70-66(85)69-40-34-28-27-33-39-67-60(76)52-71-43-45-72(53-61(77)78)47-49-74(55-63(81)82)50-48-73(46-44-71)54-62(79)80/h58H,3-57H2,1-2H3,(H,67,76)(H,68,75)(H,77,78)(H,79,80)(H,81,82)(H,86,87)(H2,69,70,85)/t58-/m0/s1. The van der Waals surface area contributed by atoms with Crippen molar-refractivity contribution in [3.63, 3.8) is 0 Å². The van der Waals surface area contributed by atoms with Crippen LogP contribution in [0.2, 0.25) is 0 Å². The van der Waals surface area contributed by atoms with E-state index in [4.69, 9.17) is 18.5 Å². The Labute approximate surface area is 551 Å². The Balaban J connectivity index is 2.35. The molecule has 0 aliphatic carbocycles. The summed E-state index contributed by atoms with van der Waals surface area (Å²) in [5, 5.41) is 39.5. The largest absolute Gasteiger partial charge is 0.480 e. The van der Waals surface area contributed by atoms with Gasteiger partial charge in [0.1, 0.15) is 6.61 Å². The zero-order valence-electron chi connectivity index (χ0n) is 56.8. The number of unbranched alkanes of at least 4 members (excludes halogenated alkanes) is 29. The molecule has 0 aromatic heterocycles. The first-order chi connectivity index (χ1) is 44.4. The molecule has 1 unspecified atom stereocenters. The van der Waals surface area contributed by atoms with Gasteiger partial charge in [0.15, 0.2) is 6.10 Å². The summed E-state index contributed by atoms with van der Waals surface area (Å²) < 4.78 is 34.2. The molecule has 1 rings (SSSR count). The zero-order chi connectivity index (χ0) is 67.6. The molecule has 1 aliphatic rings. The summed E-state index contributed by atoms with van der Waals surface area (Å²) in [6, 6.07) is -0.296. The van der Waals surface area contributed by atoms with Gasteiger partial charge >= 0.3 is 43.7 Å². The molecule has 0 aromatic rings. The molecule has 0 bridgehead atoms. The van der Waals surface area contributed by atoms with Crippen LogP contribution < -0.4 is 21.3 Å². The van der Waals surface area contributed by atoms with E-state index in [9.17, 15) is 63.1 Å². The van der Waals surface area contributed by atoms with E-state index in [0.717, 1.165) is 64.2 Å². The summed E-state index contributed by atoms with van der Waals surface area (Å²) in [6.07, 6.45) is 35.0. The van der Waals surface area contributed by atoms with Crippen LogP contribution >= 0.6 is 7.82 Å². The Morgan fingerprint density at radius 3 is 1.11 bits per heavy atom. The van der Waals surface area contributed by atoms with Crippen molar-refractivity contribution in [3.05, 3.63) is 0 Å². The quantitative estimate of drug-likeness (QED) is 0.0159. The summed E-state index contributed by atoms with van der Waals surface area (Å²) in [6.45, 7) is 6.35. The third kappa shape index (κ3) is 55.9. The third-order valence-corrected chi connectivity index (χ3v) is 17.2. The number of phosphoric ester groups is 1. The fourth-order valence-corrected chi connectivity index (χ4v) is 11.5. The number of carbonyl (C=O) groups excluding carboxylic acids is 5. The van der Waals surface area contributed by atoms with Crippen LogP contribution in [0.1, 0.15) is 245 Å². The van der Waals surface area contributed by atoms with Crippen molar-refractivity contribution in [3.8, 4) is 0 Å². The lowest BCUT2D eigenvalue weighted by molar-refractivity contribution is -0.161. The topological polar surface area (TPSA) is 333 Å². The highest BCUT2D eigenvalue weighted by molar-refractivity contribution is 7.47. The van der Waals surface area contributed by atoms with E-state index in [1.807, 2.05) is 4.90 Å². The van der Waals surface area contributed by atoms with Gasteiger partial charge in [0, 0.05) is 97.8 Å². The number of ether oxygens (including phenoxy) is 2. The van der Waals surface area contributed by atoms with Gasteiger partial charge in [0.25, 0.3) is 0 Å². The van der Waals surface area contributed by atoms with Crippen molar-refractivity contribution in [2.75, 3.05) is 125 Å². The van der Waals surface area contributed by atoms with Crippen LogP contribution in [0.15, 0.2) is 0 Å². The van der Waals surface area contributed by atoms with Gasteiger partial charge in [0.05, 0.1) is 39.4 Å². The monoisotopic (exact) mass is 1330 g/mol. The number of esters is 2. The lowest BCUT2D eigenvalue weighted by Gasteiger charge is -2.32. The van der Waals surface area contributed by atoms with Crippen LogP contribution in [-0.4, -0.2) is 218 Å². The molecule has 1 heterocycles. The second-order valence-corrected chi connectivity index (χ2v) is 26.2. The van der Waals surface area contributed by atoms with Crippen molar-refractivity contribution in [1.29, 1.82) is 0 Å². The zero-order valence-corrected chi connectivity index (χ0v) is 57.7. The van der Waals surface area contributed by atoms with Crippen molar-refractivity contribution in [2.45, 2.75) is 251 Å². The molecule has 0 aromatic carbocycles. The molecule has 26 heteroatoms. The number of carbonyl (C=O) groups is 8. The van der Waals surface area contributed by atoms with Crippen molar-refractivity contribution in [1.82, 2.24) is 40.9 Å². The minimum absolute atomic E-state index is 0.0424. The molecule has 4 amide bonds. The number of hydrogen-bond donors (Lipinski definition) is 8. The highest BCUT2D eigenvalue weighted by Crippen LogP contribution is 2.43. The SMILES string of the molecule is CCCCCCCCCCCCCCCC(=O)OC[C@@H](COP(=O)(O)OCCNC(=O)CCCCCNC(=O)NCCCCCCNC(=O)CN1CCN(CC(=O)O)CCN(CC(=O)O)CCN(CC(=O)O)CC1)OC(=O)CCCCCCCCCCCCCCC. The minimum Gasteiger partial charge on any atom is -0.480 e. The van der Waals surface area contributed by atoms with Crippen molar-refractivity contribution >= 4 is 55.5 Å². The molecule has 8 N–H and O–H groups in total. The van der Waals surface area contributed by atoms with Crippen LogP contribution in [0.5, 0.6) is 0 Å². The van der Waals surface area contributed by atoms with Gasteiger partial charge in [0.2, 0.25) is 11.8 Å². The molecule has 1 aliphatic heterocycles. The van der Waals surface area contributed by atoms with Crippen LogP contribution in [0.3, 0.4) is 0 Å². The molecule has 0 radical (unpaired) electrons. The number of hydrogen-bond acceptors (Lipinski definition) is 17. The van der Waals surface area contributed by atoms with E-state index in [0.29, 0.717) is 91.0 Å². The number of amides is 4. The summed E-state index contributed by atoms with van der Waals surface area (Å²) in [5.41, 5.74) is 0. The second kappa shape index (κ2) is 59.0. The molecule has 1 saturated heterocycles. The number of phosphoric acid groups is 1. The summed E-state index contributed by atoms with van der Waals surface area (Å²) >= 11 is 0. The molecule has 536 valence electrons. The van der Waals surface area contributed by atoms with Crippen LogP contribution in [0.25, 0.3) is 0 Å². The summed E-state index contributed by atoms with van der Waals surface area (Å²) in [5.74, 6) is -4.50. The van der Waals surface area contributed by atoms with E-state index in [2.05, 4.69) is 35.1 Å². The first-order valence-corrected chi connectivity index (χ1v) is 37.0.